The van der Waals surface area contributed by atoms with Crippen LogP contribution >= 0.6 is 0 Å². The molecule has 3 aromatic heterocycles. The monoisotopic (exact) mass is 732 g/mol. The van der Waals surface area contributed by atoms with Crippen molar-refractivity contribution >= 4 is 11.3 Å². The average Bonchev–Trinajstić information content (AvgIpc) is 3.27. The van der Waals surface area contributed by atoms with Crippen LogP contribution in [0.4, 0.5) is 0 Å². The van der Waals surface area contributed by atoms with Gasteiger partial charge in [-0.15, -0.1) is 0 Å². The smallest absolute Gasteiger partial charge is 0.182 e. The van der Waals surface area contributed by atoms with Crippen molar-refractivity contribution < 1.29 is 0 Å². The molecule has 276 valence electrons. The fraction of sp³-hybridized carbons (Fsp3) is 0.167. The van der Waals surface area contributed by atoms with Gasteiger partial charge in [0.2, 0.25) is 0 Å². The van der Waals surface area contributed by atoms with E-state index in [0.717, 1.165) is 53.5 Å². The minimum atomic E-state index is -0.138. The number of pyridine rings is 1. The second-order valence-corrected chi connectivity index (χ2v) is 13.6. The van der Waals surface area contributed by atoms with Crippen LogP contribution in [-0.4, -0.2) is 40.6 Å². The molecular weight excluding hydrogens is 689 g/mol. The molecule has 56 heavy (non-hydrogen) atoms. The summed E-state index contributed by atoms with van der Waals surface area (Å²) in [4.78, 5) is 38.1. The van der Waals surface area contributed by atoms with Gasteiger partial charge in [0.05, 0.1) is 0 Å². The summed E-state index contributed by atoms with van der Waals surface area (Å²) in [6, 6.07) is 31.4. The molecule has 7 rings (SSSR count). The minimum Gasteiger partial charge on any atom is -0.264 e. The van der Waals surface area contributed by atoms with Crippen molar-refractivity contribution in [1.29, 1.82) is 0 Å². The number of rotatable bonds is 12. The van der Waals surface area contributed by atoms with Crippen molar-refractivity contribution in [3.8, 4) is 45.6 Å². The van der Waals surface area contributed by atoms with Gasteiger partial charge in [-0.25, -0.2) is 29.9 Å². The quantitative estimate of drug-likeness (QED) is 0.0911. The van der Waals surface area contributed by atoms with Gasteiger partial charge >= 0.3 is 0 Å². The molecule has 8 heteroatoms. The fourth-order valence-corrected chi connectivity index (χ4v) is 7.31. The van der Waals surface area contributed by atoms with E-state index in [0.29, 0.717) is 40.7 Å². The summed E-state index contributed by atoms with van der Waals surface area (Å²) in [7, 11) is 0. The second-order valence-electron chi connectivity index (χ2n) is 13.6. The molecule has 0 bridgehead atoms. The predicted molar refractivity (Wildman–Crippen MR) is 228 cm³/mol. The maximum atomic E-state index is 4.94. The van der Waals surface area contributed by atoms with E-state index in [1.54, 1.807) is 18.5 Å². The molecule has 6 aromatic rings. The summed E-state index contributed by atoms with van der Waals surface area (Å²) in [5.41, 5.74) is 7.45. The summed E-state index contributed by atoms with van der Waals surface area (Å²) < 4.78 is 0. The number of hydrogen-bond acceptors (Lipinski definition) is 8. The van der Waals surface area contributed by atoms with E-state index in [1.165, 1.54) is 23.7 Å². The fourth-order valence-electron chi connectivity index (χ4n) is 7.31. The lowest BCUT2D eigenvalue weighted by atomic mass is 9.65. The topological polar surface area (TPSA) is 103 Å². The molecule has 0 aliphatic heterocycles. The highest BCUT2D eigenvalue weighted by molar-refractivity contribution is 6.06. The Labute approximate surface area is 329 Å². The summed E-state index contributed by atoms with van der Waals surface area (Å²) >= 11 is 0. The van der Waals surface area contributed by atoms with Crippen LogP contribution in [0.2, 0.25) is 0 Å². The Morgan fingerprint density at radius 3 is 1.64 bits per heavy atom. The van der Waals surface area contributed by atoms with Crippen LogP contribution in [0.3, 0.4) is 0 Å². The molecule has 3 heterocycles. The molecule has 3 aromatic carbocycles. The molecular formula is C48H44N8. The minimum absolute atomic E-state index is 0.138. The van der Waals surface area contributed by atoms with Crippen LogP contribution in [-0.2, 0) is 5.41 Å². The Morgan fingerprint density at radius 2 is 1.12 bits per heavy atom. The Hall–Kier alpha value is -6.80. The van der Waals surface area contributed by atoms with Gasteiger partial charge in [0, 0.05) is 51.8 Å². The molecule has 0 N–H and O–H groups in total. The molecule has 0 spiro atoms. The van der Waals surface area contributed by atoms with Crippen molar-refractivity contribution in [2.45, 2.75) is 51.4 Å². The lowest BCUT2D eigenvalue weighted by molar-refractivity contribution is 0.346. The third-order valence-corrected chi connectivity index (χ3v) is 10.0. The van der Waals surface area contributed by atoms with Crippen molar-refractivity contribution in [1.82, 2.24) is 34.9 Å². The lowest BCUT2D eigenvalue weighted by Gasteiger charge is -2.39. The van der Waals surface area contributed by atoms with Crippen LogP contribution in [0.15, 0.2) is 164 Å². The Balaban J connectivity index is 1.26. The van der Waals surface area contributed by atoms with Gasteiger partial charge in [0.25, 0.3) is 0 Å². The highest BCUT2D eigenvalue weighted by Crippen LogP contribution is 2.45. The molecule has 0 unspecified atom stereocenters. The van der Waals surface area contributed by atoms with Crippen molar-refractivity contribution in [3.05, 3.63) is 182 Å². The zero-order chi connectivity index (χ0) is 38.7. The third-order valence-electron chi connectivity index (χ3n) is 10.0. The molecule has 0 amide bonds. The SMILES string of the molecule is C=C/C=C(\C=C/C)c1nc(-c2ccc(C3(c4ccc(-c5nc(C(/C=C\C)=N/C=C)nc(-c6ccccc6)n5)cc4)CCCCC3)cc2)nc(-c2cccnc2)n1. The normalized spacial score (nSPS) is 14.6. The standard InChI is InChI=1S/C48H44N8/c1-5-16-34(17-6-2)42-51-44(54-46(53-42)38-21-15-32-49-33-38)36-22-26-39(27-23-36)48(30-13-10-14-31-48)40-28-24-37(25-29-40)45-52-43(35-19-11-9-12-20-35)55-47(56-45)41(18-7-3)50-8-4/h5-9,11-12,15-29,32-33H,1,4,10,13-14,30-31H2,2-3H3/b17-6-,18-7-,34-16+,50-41+. The average molecular weight is 733 g/mol. The summed E-state index contributed by atoms with van der Waals surface area (Å²) in [5.74, 6) is 3.42. The van der Waals surface area contributed by atoms with E-state index in [1.807, 2.05) is 86.7 Å². The highest BCUT2D eigenvalue weighted by Gasteiger charge is 2.36. The van der Waals surface area contributed by atoms with E-state index in [4.69, 9.17) is 29.9 Å². The van der Waals surface area contributed by atoms with Crippen LogP contribution in [0.5, 0.6) is 0 Å². The number of aliphatic imine (C=N–C) groups is 1. The van der Waals surface area contributed by atoms with Crippen LogP contribution in [0, 0.1) is 0 Å². The van der Waals surface area contributed by atoms with Gasteiger partial charge in [-0.2, -0.15) is 0 Å². The van der Waals surface area contributed by atoms with Crippen molar-refractivity contribution in [2.75, 3.05) is 0 Å². The van der Waals surface area contributed by atoms with Crippen LogP contribution in [0.1, 0.15) is 68.7 Å². The molecule has 1 fully saturated rings. The summed E-state index contributed by atoms with van der Waals surface area (Å²) in [6.45, 7) is 11.6. The van der Waals surface area contributed by atoms with Gasteiger partial charge in [0.1, 0.15) is 5.71 Å². The van der Waals surface area contributed by atoms with Gasteiger partial charge in [-0.3, -0.25) is 9.98 Å². The van der Waals surface area contributed by atoms with E-state index < -0.39 is 0 Å². The van der Waals surface area contributed by atoms with E-state index in [-0.39, 0.29) is 5.41 Å². The van der Waals surface area contributed by atoms with Gasteiger partial charge < -0.3 is 0 Å². The Kier molecular flexibility index (Phi) is 11.8. The first kappa shape index (κ1) is 37.5. The second kappa shape index (κ2) is 17.6. The summed E-state index contributed by atoms with van der Waals surface area (Å²) in [6.07, 6.45) is 22.1. The van der Waals surface area contributed by atoms with Crippen LogP contribution in [0.25, 0.3) is 51.1 Å². The molecule has 1 aliphatic rings. The number of hydrogen-bond donors (Lipinski definition) is 0. The first-order chi connectivity index (χ1) is 27.5. The summed E-state index contributed by atoms with van der Waals surface area (Å²) in [5, 5.41) is 0. The molecule has 0 atom stereocenters. The van der Waals surface area contributed by atoms with E-state index in [9.17, 15) is 0 Å². The molecule has 1 saturated carbocycles. The first-order valence-corrected chi connectivity index (χ1v) is 19.0. The number of allylic oxidation sites excluding steroid dienone is 7. The highest BCUT2D eigenvalue weighted by atomic mass is 15.1. The van der Waals surface area contributed by atoms with Gasteiger partial charge in [-0.1, -0.05) is 142 Å². The first-order valence-electron chi connectivity index (χ1n) is 19.0. The van der Waals surface area contributed by atoms with Gasteiger partial charge in [0.15, 0.2) is 34.9 Å². The third kappa shape index (κ3) is 8.15. The predicted octanol–water partition coefficient (Wildman–Crippen LogP) is 11.0. The van der Waals surface area contributed by atoms with Crippen LogP contribution < -0.4 is 0 Å². The Morgan fingerprint density at radius 1 is 0.589 bits per heavy atom. The maximum absolute atomic E-state index is 4.94. The molecule has 8 nitrogen and oxygen atoms in total. The molecule has 0 saturated heterocycles. The number of aromatic nitrogens is 7. The van der Waals surface area contributed by atoms with Crippen molar-refractivity contribution in [3.63, 3.8) is 0 Å². The number of benzene rings is 3. The number of nitrogens with zero attached hydrogens (tertiary/aromatic N) is 8. The molecule has 1 aliphatic carbocycles. The van der Waals surface area contributed by atoms with Crippen molar-refractivity contribution in [2.24, 2.45) is 4.99 Å². The lowest BCUT2D eigenvalue weighted by Crippen LogP contribution is -2.30. The zero-order valence-corrected chi connectivity index (χ0v) is 31.9. The largest absolute Gasteiger partial charge is 0.264 e. The van der Waals surface area contributed by atoms with E-state index >= 15 is 0 Å². The molecule has 0 radical (unpaired) electrons. The van der Waals surface area contributed by atoms with E-state index in [2.05, 4.69) is 71.7 Å². The van der Waals surface area contributed by atoms with Gasteiger partial charge in [-0.05, 0) is 56.0 Å². The zero-order valence-electron chi connectivity index (χ0n) is 31.9. The maximum Gasteiger partial charge on any atom is 0.182 e. The Bertz CT molecular complexity index is 2260.